The molecule has 2 aromatic rings. The van der Waals surface area contributed by atoms with Crippen molar-refractivity contribution in [1.82, 2.24) is 14.6 Å². The highest BCUT2D eigenvalue weighted by molar-refractivity contribution is 6.30. The van der Waals surface area contributed by atoms with Crippen molar-refractivity contribution in [3.05, 3.63) is 37.5 Å². The summed E-state index contributed by atoms with van der Waals surface area (Å²) in [6.45, 7) is 9.73. The van der Waals surface area contributed by atoms with Gasteiger partial charge in [0, 0.05) is 0 Å². The van der Waals surface area contributed by atoms with Crippen LogP contribution in [0.2, 0.25) is 5.15 Å². The molecule has 0 amide bonds. The van der Waals surface area contributed by atoms with Gasteiger partial charge in [0.15, 0.2) is 5.65 Å². The van der Waals surface area contributed by atoms with Crippen LogP contribution in [0, 0.1) is 6.92 Å². The summed E-state index contributed by atoms with van der Waals surface area (Å²) >= 11 is 5.77. The second kappa shape index (κ2) is 7.58. The van der Waals surface area contributed by atoms with E-state index < -0.39 is 11.1 Å². The monoisotopic (exact) mass is 286 g/mol. The van der Waals surface area contributed by atoms with Gasteiger partial charge in [0.25, 0.3) is 0 Å². The molecule has 2 rings (SSSR count). The Labute approximate surface area is 116 Å². The number of halogens is 1. The molecule has 0 spiro atoms. The van der Waals surface area contributed by atoms with E-state index in [2.05, 4.69) is 9.97 Å². The largest absolute Gasteiger partial charge is 0.336 e. The van der Waals surface area contributed by atoms with Gasteiger partial charge in [-0.05, 0) is 18.6 Å². The van der Waals surface area contributed by atoms with Crippen LogP contribution < -0.4 is 17.0 Å². The predicted molar refractivity (Wildman–Crippen MR) is 79.2 cm³/mol. The molecule has 3 N–H and O–H groups in total. The molecule has 6 nitrogen and oxygen atoms in total. The van der Waals surface area contributed by atoms with Crippen LogP contribution >= 0.6 is 11.6 Å². The number of rotatable bonds is 0. The summed E-state index contributed by atoms with van der Waals surface area (Å²) in [4.78, 5) is 28.5. The average molecular weight is 287 g/mol. The summed E-state index contributed by atoms with van der Waals surface area (Å²) < 4.78 is 0.754. The van der Waals surface area contributed by atoms with Crippen LogP contribution in [0.5, 0.6) is 0 Å². The fourth-order valence-corrected chi connectivity index (χ4v) is 1.37. The molecule has 0 radical (unpaired) electrons. The first-order chi connectivity index (χ1) is 9.00. The Bertz CT molecular complexity index is 661. The molecule has 106 valence electrons. The first-order valence-corrected chi connectivity index (χ1v) is 6.46. The normalized spacial score (nSPS) is 9.16. The fourth-order valence-electron chi connectivity index (χ4n) is 1.23. The smallest absolute Gasteiger partial charge is 0.334 e. The van der Waals surface area contributed by atoms with Gasteiger partial charge < -0.3 is 10.8 Å². The molecule has 0 aliphatic rings. The van der Waals surface area contributed by atoms with E-state index in [1.165, 1.54) is 0 Å². The Hall–Kier alpha value is -1.82. The lowest BCUT2D eigenvalue weighted by atomic mass is 10.3. The minimum absolute atomic E-state index is 0.192. The number of hydrogen-bond donors (Lipinski definition) is 2. The molecule has 2 aromatic heterocycles. The minimum atomic E-state index is -0.828. The summed E-state index contributed by atoms with van der Waals surface area (Å²) in [6.07, 6.45) is 0. The van der Waals surface area contributed by atoms with Gasteiger partial charge >= 0.3 is 11.1 Å². The molecular formula is C12H19ClN4O2. The third-order valence-electron chi connectivity index (χ3n) is 2.04. The Kier molecular flexibility index (Phi) is 6.85. The Morgan fingerprint density at radius 2 is 1.79 bits per heavy atom. The third-order valence-corrected chi connectivity index (χ3v) is 2.42. The first-order valence-electron chi connectivity index (χ1n) is 6.08. The van der Waals surface area contributed by atoms with Gasteiger partial charge in [-0.15, -0.1) is 0 Å². The van der Waals surface area contributed by atoms with Crippen LogP contribution in [0.1, 0.15) is 33.3 Å². The maximum Gasteiger partial charge on any atom is 0.334 e. The van der Waals surface area contributed by atoms with E-state index in [0.29, 0.717) is 11.1 Å². The molecule has 0 fully saturated rings. The molecule has 19 heavy (non-hydrogen) atoms. The zero-order valence-electron chi connectivity index (χ0n) is 11.7. The number of fused-ring (bicyclic) bond motifs is 1. The predicted octanol–water partition coefficient (Wildman–Crippen LogP) is 1.81. The van der Waals surface area contributed by atoms with Gasteiger partial charge in [-0.2, -0.15) is 0 Å². The number of pyridine rings is 1. The standard InChI is InChI=1S/C8H7ClN4O2.2C2H6/c1-3-2-4-6(11-5(3)9)12-7(14)8(15)13(4)10;2*1-2/h2H,10H2,1H3,(H,11,12,14);2*1-2H3. The summed E-state index contributed by atoms with van der Waals surface area (Å²) in [5.74, 6) is 5.44. The van der Waals surface area contributed by atoms with E-state index in [1.807, 2.05) is 27.7 Å². The summed E-state index contributed by atoms with van der Waals surface area (Å²) in [6, 6.07) is 1.59. The molecule has 0 aliphatic heterocycles. The van der Waals surface area contributed by atoms with Gasteiger partial charge in [-0.3, -0.25) is 9.59 Å². The van der Waals surface area contributed by atoms with Gasteiger partial charge in [0.05, 0.1) is 0 Å². The quantitative estimate of drug-likeness (QED) is 0.439. The van der Waals surface area contributed by atoms with Crippen LogP contribution in [0.3, 0.4) is 0 Å². The van der Waals surface area contributed by atoms with E-state index in [1.54, 1.807) is 13.0 Å². The molecule has 2 heterocycles. The second-order valence-electron chi connectivity index (χ2n) is 3.09. The Balaban J connectivity index is 0.000000741. The van der Waals surface area contributed by atoms with Crippen molar-refractivity contribution in [2.24, 2.45) is 0 Å². The molecule has 0 bridgehead atoms. The molecule has 0 unspecified atom stereocenters. The number of nitrogen functional groups attached to an aromatic ring is 1. The fraction of sp³-hybridized carbons (Fsp3) is 0.417. The SMILES string of the molecule is CC.CC.Cc1cc2c(nc1Cl)[nH]c(=O)c(=O)n2N. The molecular weight excluding hydrogens is 268 g/mol. The van der Waals surface area contributed by atoms with Crippen molar-refractivity contribution in [2.45, 2.75) is 34.6 Å². The van der Waals surface area contributed by atoms with Gasteiger partial charge in [0.2, 0.25) is 0 Å². The lowest BCUT2D eigenvalue weighted by Crippen LogP contribution is -2.40. The van der Waals surface area contributed by atoms with Crippen molar-refractivity contribution in [2.75, 3.05) is 5.84 Å². The van der Waals surface area contributed by atoms with Gasteiger partial charge in [-0.25, -0.2) is 9.66 Å². The highest BCUT2D eigenvalue weighted by Gasteiger charge is 2.08. The molecule has 0 saturated carbocycles. The van der Waals surface area contributed by atoms with Gasteiger partial charge in [0.1, 0.15) is 10.7 Å². The van der Waals surface area contributed by atoms with E-state index in [4.69, 9.17) is 17.4 Å². The molecule has 0 aromatic carbocycles. The Morgan fingerprint density at radius 3 is 2.32 bits per heavy atom. The van der Waals surface area contributed by atoms with E-state index in [0.717, 1.165) is 4.68 Å². The van der Waals surface area contributed by atoms with Crippen molar-refractivity contribution < 1.29 is 0 Å². The Morgan fingerprint density at radius 1 is 1.26 bits per heavy atom. The number of aromatic amines is 1. The van der Waals surface area contributed by atoms with Crippen LogP contribution in [0.25, 0.3) is 11.2 Å². The highest BCUT2D eigenvalue weighted by Crippen LogP contribution is 2.15. The highest BCUT2D eigenvalue weighted by atomic mass is 35.5. The van der Waals surface area contributed by atoms with Crippen LogP contribution in [0.4, 0.5) is 0 Å². The molecule has 7 heteroatoms. The topological polar surface area (TPSA) is 93.8 Å². The zero-order valence-corrected chi connectivity index (χ0v) is 12.5. The lowest BCUT2D eigenvalue weighted by molar-refractivity contribution is 0.932. The lowest BCUT2D eigenvalue weighted by Gasteiger charge is -2.04. The number of hydrogen-bond acceptors (Lipinski definition) is 4. The minimum Gasteiger partial charge on any atom is -0.336 e. The zero-order chi connectivity index (χ0) is 15.2. The van der Waals surface area contributed by atoms with Crippen LogP contribution in [0.15, 0.2) is 15.7 Å². The summed E-state index contributed by atoms with van der Waals surface area (Å²) in [7, 11) is 0. The van der Waals surface area contributed by atoms with Crippen molar-refractivity contribution in [3.63, 3.8) is 0 Å². The van der Waals surface area contributed by atoms with E-state index in [-0.39, 0.29) is 10.8 Å². The number of aryl methyl sites for hydroxylation is 1. The molecule has 0 saturated heterocycles. The number of nitrogens with two attached hydrogens (primary N) is 1. The molecule has 0 aliphatic carbocycles. The number of nitrogens with zero attached hydrogens (tertiary/aromatic N) is 2. The first kappa shape index (κ1) is 17.2. The van der Waals surface area contributed by atoms with Crippen LogP contribution in [-0.2, 0) is 0 Å². The summed E-state index contributed by atoms with van der Waals surface area (Å²) in [5.41, 5.74) is -0.447. The number of aromatic nitrogens is 3. The molecule has 0 atom stereocenters. The number of H-pyrrole nitrogens is 1. The van der Waals surface area contributed by atoms with Crippen molar-refractivity contribution >= 4 is 22.8 Å². The summed E-state index contributed by atoms with van der Waals surface area (Å²) in [5, 5.41) is 0.261. The maximum atomic E-state index is 11.2. The third kappa shape index (κ3) is 3.57. The van der Waals surface area contributed by atoms with E-state index in [9.17, 15) is 9.59 Å². The second-order valence-corrected chi connectivity index (χ2v) is 3.45. The van der Waals surface area contributed by atoms with Crippen molar-refractivity contribution in [1.29, 1.82) is 0 Å². The maximum absolute atomic E-state index is 11.2. The number of nitrogens with one attached hydrogen (secondary N) is 1. The average Bonchev–Trinajstić information content (AvgIpc) is 2.44. The van der Waals surface area contributed by atoms with Gasteiger partial charge in [-0.1, -0.05) is 39.3 Å². The van der Waals surface area contributed by atoms with Crippen molar-refractivity contribution in [3.8, 4) is 0 Å². The van der Waals surface area contributed by atoms with Crippen LogP contribution in [-0.4, -0.2) is 14.6 Å². The van der Waals surface area contributed by atoms with E-state index >= 15 is 0 Å².